The predicted octanol–water partition coefficient (Wildman–Crippen LogP) is 1.84. The molecule has 1 fully saturated rings. The number of hydrogen-bond acceptors (Lipinski definition) is 3. The Bertz CT molecular complexity index is 340. The molecule has 0 aliphatic carbocycles. The lowest BCUT2D eigenvalue weighted by molar-refractivity contribution is -0.142. The van der Waals surface area contributed by atoms with Crippen molar-refractivity contribution in [3.05, 3.63) is 0 Å². The Morgan fingerprint density at radius 1 is 1.32 bits per heavy atom. The molecule has 7 heteroatoms. The Hall–Kier alpha value is -1.11. The highest BCUT2D eigenvalue weighted by molar-refractivity contribution is 6.05. The Morgan fingerprint density at radius 3 is 2.37 bits per heavy atom. The molecule has 1 unspecified atom stereocenters. The number of imide groups is 1. The van der Waals surface area contributed by atoms with Crippen LogP contribution in [0.5, 0.6) is 0 Å². The van der Waals surface area contributed by atoms with Crippen LogP contribution in [0.15, 0.2) is 0 Å². The fourth-order valence-electron chi connectivity index (χ4n) is 2.24. The maximum Gasteiger partial charge on any atom is 0.390 e. The fourth-order valence-corrected chi connectivity index (χ4v) is 2.24. The average Bonchev–Trinajstić information content (AvgIpc) is 2.57. The minimum Gasteiger partial charge on any atom is -0.305 e. The zero-order chi connectivity index (χ0) is 14.6. The highest BCUT2D eigenvalue weighted by atomic mass is 19.4. The average molecular weight is 280 g/mol. The summed E-state index contributed by atoms with van der Waals surface area (Å²) in [4.78, 5) is 24.9. The highest BCUT2D eigenvalue weighted by Gasteiger charge is 2.41. The van der Waals surface area contributed by atoms with Gasteiger partial charge in [0, 0.05) is 12.6 Å². The Balaban J connectivity index is 2.56. The minimum atomic E-state index is -4.26. The molecule has 0 aromatic carbocycles. The third kappa shape index (κ3) is 4.19. The summed E-state index contributed by atoms with van der Waals surface area (Å²) in [6, 6.07) is -0.968. The van der Waals surface area contributed by atoms with E-state index in [4.69, 9.17) is 0 Å². The van der Waals surface area contributed by atoms with Crippen molar-refractivity contribution in [3.8, 4) is 0 Å². The number of amides is 2. The molecule has 0 radical (unpaired) electrons. The maximum atomic E-state index is 12.0. The molecule has 110 valence electrons. The molecule has 1 rings (SSSR count). The van der Waals surface area contributed by atoms with E-state index in [1.807, 2.05) is 13.8 Å². The first-order valence-corrected chi connectivity index (χ1v) is 6.46. The monoisotopic (exact) mass is 280 g/mol. The van der Waals surface area contributed by atoms with Crippen LogP contribution < -0.4 is 5.32 Å². The van der Waals surface area contributed by atoms with Gasteiger partial charge in [-0.3, -0.25) is 14.5 Å². The lowest BCUT2D eigenvalue weighted by Gasteiger charge is -2.24. The summed E-state index contributed by atoms with van der Waals surface area (Å²) >= 11 is 0. The number of rotatable bonds is 6. The molecule has 0 aromatic heterocycles. The Kier molecular flexibility index (Phi) is 5.34. The van der Waals surface area contributed by atoms with Gasteiger partial charge >= 0.3 is 6.18 Å². The molecule has 1 saturated heterocycles. The first kappa shape index (κ1) is 15.9. The van der Waals surface area contributed by atoms with Crippen molar-refractivity contribution in [2.75, 3.05) is 6.54 Å². The largest absolute Gasteiger partial charge is 0.390 e. The van der Waals surface area contributed by atoms with Crippen molar-refractivity contribution >= 4 is 11.8 Å². The van der Waals surface area contributed by atoms with Crippen molar-refractivity contribution in [1.82, 2.24) is 10.2 Å². The van der Waals surface area contributed by atoms with E-state index in [1.54, 1.807) is 0 Å². The molecule has 1 N–H and O–H groups in total. The van der Waals surface area contributed by atoms with Crippen molar-refractivity contribution in [2.45, 2.75) is 57.8 Å². The van der Waals surface area contributed by atoms with Crippen LogP contribution >= 0.6 is 0 Å². The van der Waals surface area contributed by atoms with Crippen LogP contribution in [0.1, 0.15) is 39.5 Å². The van der Waals surface area contributed by atoms with Gasteiger partial charge in [-0.1, -0.05) is 13.8 Å². The number of carbonyl (C=O) groups is 2. The van der Waals surface area contributed by atoms with Gasteiger partial charge in [-0.15, -0.1) is 0 Å². The fraction of sp³-hybridized carbons (Fsp3) is 0.833. The van der Waals surface area contributed by atoms with Gasteiger partial charge in [0.25, 0.3) is 0 Å². The first-order chi connectivity index (χ1) is 8.80. The van der Waals surface area contributed by atoms with Crippen LogP contribution in [0.4, 0.5) is 13.2 Å². The van der Waals surface area contributed by atoms with Crippen LogP contribution in [0.25, 0.3) is 0 Å². The van der Waals surface area contributed by atoms with E-state index in [2.05, 4.69) is 5.32 Å². The van der Waals surface area contributed by atoms with E-state index < -0.39 is 24.5 Å². The van der Waals surface area contributed by atoms with Gasteiger partial charge in [-0.05, 0) is 12.8 Å². The number of alkyl halides is 3. The lowest BCUT2D eigenvalue weighted by atomic mass is 10.1. The molecule has 4 nitrogen and oxygen atoms in total. The van der Waals surface area contributed by atoms with Crippen molar-refractivity contribution in [1.29, 1.82) is 0 Å². The van der Waals surface area contributed by atoms with E-state index >= 15 is 0 Å². The number of nitrogens with zero attached hydrogens (tertiary/aromatic N) is 1. The Labute approximate surface area is 110 Å². The van der Waals surface area contributed by atoms with E-state index in [0.717, 1.165) is 0 Å². The SMILES string of the molecule is CCC(CC)N1C(=O)CC(NCCC(F)(F)F)C1=O. The topological polar surface area (TPSA) is 49.4 Å². The third-order valence-electron chi connectivity index (χ3n) is 3.29. The van der Waals surface area contributed by atoms with Crippen LogP contribution in [0, 0.1) is 0 Å². The molecule has 0 spiro atoms. The summed E-state index contributed by atoms with van der Waals surface area (Å²) in [5.41, 5.74) is 0. The van der Waals surface area contributed by atoms with Gasteiger partial charge < -0.3 is 5.32 Å². The van der Waals surface area contributed by atoms with Gasteiger partial charge in [0.05, 0.1) is 18.9 Å². The molecular formula is C12H19F3N2O2. The molecule has 19 heavy (non-hydrogen) atoms. The maximum absolute atomic E-state index is 12.0. The standard InChI is InChI=1S/C12H19F3N2O2/c1-3-8(4-2)17-10(18)7-9(11(17)19)16-6-5-12(13,14)15/h8-9,16H,3-7H2,1-2H3. The first-order valence-electron chi connectivity index (χ1n) is 6.46. The van der Waals surface area contributed by atoms with Crippen molar-refractivity contribution in [2.24, 2.45) is 0 Å². The van der Waals surface area contributed by atoms with Gasteiger partial charge in [0.15, 0.2) is 0 Å². The van der Waals surface area contributed by atoms with Crippen LogP contribution in [-0.2, 0) is 9.59 Å². The van der Waals surface area contributed by atoms with Gasteiger partial charge in [0.1, 0.15) is 0 Å². The Morgan fingerprint density at radius 2 is 1.89 bits per heavy atom. The van der Waals surface area contributed by atoms with E-state index in [9.17, 15) is 22.8 Å². The number of nitrogens with one attached hydrogen (secondary N) is 1. The number of hydrogen-bond donors (Lipinski definition) is 1. The second kappa shape index (κ2) is 6.36. The predicted molar refractivity (Wildman–Crippen MR) is 63.3 cm³/mol. The van der Waals surface area contributed by atoms with Crippen LogP contribution in [0.2, 0.25) is 0 Å². The zero-order valence-corrected chi connectivity index (χ0v) is 11.1. The number of carbonyl (C=O) groups excluding carboxylic acids is 2. The molecule has 1 aliphatic rings. The molecule has 0 aromatic rings. The second-order valence-electron chi connectivity index (χ2n) is 4.65. The van der Waals surface area contributed by atoms with E-state index in [-0.39, 0.29) is 24.9 Å². The molecule has 1 aliphatic heterocycles. The lowest BCUT2D eigenvalue weighted by Crippen LogP contribution is -2.44. The number of halogens is 3. The number of likely N-dealkylation sites (tertiary alicyclic amines) is 1. The summed E-state index contributed by atoms with van der Waals surface area (Å²) in [7, 11) is 0. The van der Waals surface area contributed by atoms with Gasteiger partial charge in [-0.2, -0.15) is 13.2 Å². The molecule has 1 heterocycles. The van der Waals surface area contributed by atoms with E-state index in [1.165, 1.54) is 4.90 Å². The summed E-state index contributed by atoms with van der Waals surface area (Å²) in [5.74, 6) is -0.705. The van der Waals surface area contributed by atoms with Crippen molar-refractivity contribution in [3.63, 3.8) is 0 Å². The zero-order valence-electron chi connectivity index (χ0n) is 11.1. The van der Waals surface area contributed by atoms with Crippen LogP contribution in [-0.4, -0.2) is 41.5 Å². The van der Waals surface area contributed by atoms with Crippen molar-refractivity contribution < 1.29 is 22.8 Å². The third-order valence-corrected chi connectivity index (χ3v) is 3.29. The highest BCUT2D eigenvalue weighted by Crippen LogP contribution is 2.21. The van der Waals surface area contributed by atoms with E-state index in [0.29, 0.717) is 12.8 Å². The molecule has 0 saturated carbocycles. The quantitative estimate of drug-likeness (QED) is 0.755. The molecule has 2 amide bonds. The summed E-state index contributed by atoms with van der Waals surface area (Å²) in [6.45, 7) is 3.40. The summed E-state index contributed by atoms with van der Waals surface area (Å²) < 4.78 is 36.0. The smallest absolute Gasteiger partial charge is 0.305 e. The molecule has 1 atom stereocenters. The van der Waals surface area contributed by atoms with Crippen LogP contribution in [0.3, 0.4) is 0 Å². The molecular weight excluding hydrogens is 261 g/mol. The molecule has 0 bridgehead atoms. The summed E-state index contributed by atoms with van der Waals surface area (Å²) in [6.07, 6.45) is -4.00. The summed E-state index contributed by atoms with van der Waals surface area (Å²) in [5, 5.41) is 2.52. The van der Waals surface area contributed by atoms with Gasteiger partial charge in [-0.25, -0.2) is 0 Å². The minimum absolute atomic E-state index is 0.0484. The second-order valence-corrected chi connectivity index (χ2v) is 4.65. The van der Waals surface area contributed by atoms with Gasteiger partial charge in [0.2, 0.25) is 11.8 Å². The normalized spacial score (nSPS) is 20.7.